The lowest BCUT2D eigenvalue weighted by atomic mass is 9.86. The number of amides is 1. The van der Waals surface area contributed by atoms with Crippen LogP contribution in [-0.4, -0.2) is 38.8 Å². The van der Waals surface area contributed by atoms with Crippen molar-refractivity contribution in [3.8, 4) is 5.75 Å². The molecule has 0 aliphatic carbocycles. The van der Waals surface area contributed by atoms with Gasteiger partial charge in [0.15, 0.2) is 0 Å². The minimum atomic E-state index is -3.52. The number of nitrogens with zero attached hydrogens (tertiary/aromatic N) is 1. The molecule has 6 nitrogen and oxygen atoms in total. The first kappa shape index (κ1) is 25.2. The normalized spacial score (nSPS) is 15.9. The molecule has 2 aromatic rings. The zero-order valence-electron chi connectivity index (χ0n) is 20.3. The minimum absolute atomic E-state index is 0.0842. The fraction of sp³-hybridized carbons (Fsp3) is 0.500. The number of carbonyl (C=O) groups is 1. The van der Waals surface area contributed by atoms with Gasteiger partial charge in [0.2, 0.25) is 15.9 Å². The van der Waals surface area contributed by atoms with Crippen LogP contribution in [0.5, 0.6) is 5.75 Å². The van der Waals surface area contributed by atoms with Gasteiger partial charge in [-0.15, -0.1) is 0 Å². The topological polar surface area (TPSA) is 75.7 Å². The van der Waals surface area contributed by atoms with Crippen molar-refractivity contribution in [3.05, 3.63) is 59.2 Å². The second-order valence-electron chi connectivity index (χ2n) is 9.75. The van der Waals surface area contributed by atoms with Crippen molar-refractivity contribution in [2.45, 2.75) is 69.7 Å². The van der Waals surface area contributed by atoms with Gasteiger partial charge < -0.3 is 10.1 Å². The quantitative estimate of drug-likeness (QED) is 0.610. The van der Waals surface area contributed by atoms with E-state index in [4.69, 9.17) is 4.74 Å². The zero-order valence-corrected chi connectivity index (χ0v) is 21.2. The maximum absolute atomic E-state index is 12.9. The highest BCUT2D eigenvalue weighted by Crippen LogP contribution is 2.28. The summed E-state index contributed by atoms with van der Waals surface area (Å²) >= 11 is 0. The number of benzene rings is 2. The Kier molecular flexibility index (Phi) is 7.85. The third-order valence-corrected chi connectivity index (χ3v) is 8.12. The van der Waals surface area contributed by atoms with Crippen molar-refractivity contribution in [2.24, 2.45) is 0 Å². The average molecular weight is 473 g/mol. The molecule has 1 aliphatic heterocycles. The summed E-state index contributed by atoms with van der Waals surface area (Å²) in [6.45, 7) is 9.60. The molecular weight excluding hydrogens is 436 g/mol. The van der Waals surface area contributed by atoms with Gasteiger partial charge in [-0.25, -0.2) is 8.42 Å². The van der Waals surface area contributed by atoms with Gasteiger partial charge in [-0.05, 0) is 66.5 Å². The number of hydrogen-bond acceptors (Lipinski definition) is 4. The molecule has 1 amide bonds. The van der Waals surface area contributed by atoms with Crippen LogP contribution in [0.15, 0.2) is 47.4 Å². The van der Waals surface area contributed by atoms with Crippen LogP contribution < -0.4 is 10.1 Å². The Bertz CT molecular complexity index is 1070. The van der Waals surface area contributed by atoms with Crippen molar-refractivity contribution < 1.29 is 17.9 Å². The Morgan fingerprint density at radius 3 is 2.30 bits per heavy atom. The van der Waals surface area contributed by atoms with Gasteiger partial charge in [-0.1, -0.05) is 45.0 Å². The summed E-state index contributed by atoms with van der Waals surface area (Å²) in [4.78, 5) is 12.9. The fourth-order valence-corrected chi connectivity index (χ4v) is 5.67. The number of aryl methyl sites for hydroxylation is 1. The van der Waals surface area contributed by atoms with Crippen molar-refractivity contribution in [3.63, 3.8) is 0 Å². The van der Waals surface area contributed by atoms with Crippen LogP contribution in [0.3, 0.4) is 0 Å². The molecule has 0 aromatic heterocycles. The summed E-state index contributed by atoms with van der Waals surface area (Å²) < 4.78 is 32.8. The summed E-state index contributed by atoms with van der Waals surface area (Å²) in [6.07, 6.45) is 2.42. The molecule has 7 heteroatoms. The monoisotopic (exact) mass is 472 g/mol. The lowest BCUT2D eigenvalue weighted by molar-refractivity contribution is -0.121. The van der Waals surface area contributed by atoms with E-state index in [0.717, 1.165) is 24.0 Å². The van der Waals surface area contributed by atoms with Gasteiger partial charge >= 0.3 is 0 Å². The molecular formula is C26H36N2O4S. The van der Waals surface area contributed by atoms with Crippen LogP contribution >= 0.6 is 0 Å². The van der Waals surface area contributed by atoms with Crippen LogP contribution in [0.4, 0.5) is 0 Å². The lowest BCUT2D eigenvalue weighted by Gasteiger charge is -2.21. The average Bonchev–Trinajstić information content (AvgIpc) is 3.33. The summed E-state index contributed by atoms with van der Waals surface area (Å²) in [6, 6.07) is 13.1. The molecule has 1 heterocycles. The molecule has 0 radical (unpaired) electrons. The third kappa shape index (κ3) is 6.15. The van der Waals surface area contributed by atoms with Crippen LogP contribution in [-0.2, 0) is 26.7 Å². The van der Waals surface area contributed by atoms with Crippen LogP contribution in [0.1, 0.15) is 69.7 Å². The molecule has 0 saturated carbocycles. The Labute approximate surface area is 198 Å². The molecule has 1 aliphatic rings. The SMILES string of the molecule is COc1ccc(S(=O)(=O)N2CCCC2)cc1CCC(=O)N[C@@H](C)c1ccc(C(C)(C)C)cc1. The van der Waals surface area contributed by atoms with E-state index >= 15 is 0 Å². The molecule has 33 heavy (non-hydrogen) atoms. The van der Waals surface area contributed by atoms with Crippen LogP contribution in [0.25, 0.3) is 0 Å². The lowest BCUT2D eigenvalue weighted by Crippen LogP contribution is -2.28. The molecule has 1 fully saturated rings. The molecule has 1 saturated heterocycles. The maximum Gasteiger partial charge on any atom is 0.243 e. The number of methoxy groups -OCH3 is 1. The number of carbonyl (C=O) groups excluding carboxylic acids is 1. The first-order chi connectivity index (χ1) is 15.5. The van der Waals surface area contributed by atoms with Crippen molar-refractivity contribution in [1.82, 2.24) is 9.62 Å². The Hall–Kier alpha value is -2.38. The highest BCUT2D eigenvalue weighted by molar-refractivity contribution is 7.89. The predicted octanol–water partition coefficient (Wildman–Crippen LogP) is 4.59. The van der Waals surface area contributed by atoms with E-state index in [1.54, 1.807) is 25.3 Å². The standard InChI is InChI=1S/C26H36N2O4S/c1-19(20-8-11-22(12-9-20)26(2,3)4)27-25(29)15-10-21-18-23(13-14-24(21)32-5)33(30,31)28-16-6-7-17-28/h8-9,11-14,18-19H,6-7,10,15-17H2,1-5H3,(H,27,29)/t19-/m0/s1. The van der Waals surface area contributed by atoms with E-state index in [2.05, 4.69) is 50.4 Å². The van der Waals surface area contributed by atoms with E-state index in [-0.39, 0.29) is 28.7 Å². The number of hydrogen-bond donors (Lipinski definition) is 1. The van der Waals surface area contributed by atoms with Crippen molar-refractivity contribution in [1.29, 1.82) is 0 Å². The van der Waals surface area contributed by atoms with Gasteiger partial charge in [0.1, 0.15) is 5.75 Å². The van der Waals surface area contributed by atoms with Crippen molar-refractivity contribution in [2.75, 3.05) is 20.2 Å². The van der Waals surface area contributed by atoms with E-state index in [1.807, 2.05) is 6.92 Å². The molecule has 180 valence electrons. The second kappa shape index (κ2) is 10.3. The highest BCUT2D eigenvalue weighted by Gasteiger charge is 2.28. The van der Waals surface area contributed by atoms with E-state index in [9.17, 15) is 13.2 Å². The number of ether oxygens (including phenoxy) is 1. The van der Waals surface area contributed by atoms with E-state index < -0.39 is 10.0 Å². The second-order valence-corrected chi connectivity index (χ2v) is 11.7. The summed E-state index contributed by atoms with van der Waals surface area (Å²) in [5.41, 5.74) is 3.10. The number of rotatable bonds is 8. The first-order valence-corrected chi connectivity index (χ1v) is 13.0. The molecule has 2 aromatic carbocycles. The van der Waals surface area contributed by atoms with Gasteiger partial charge in [0.05, 0.1) is 18.0 Å². The minimum Gasteiger partial charge on any atom is -0.496 e. The van der Waals surface area contributed by atoms with E-state index in [1.165, 1.54) is 9.87 Å². The smallest absolute Gasteiger partial charge is 0.243 e. The first-order valence-electron chi connectivity index (χ1n) is 11.6. The highest BCUT2D eigenvalue weighted by atomic mass is 32.2. The Morgan fingerprint density at radius 1 is 1.09 bits per heavy atom. The molecule has 0 unspecified atom stereocenters. The maximum atomic E-state index is 12.9. The Morgan fingerprint density at radius 2 is 1.73 bits per heavy atom. The van der Waals surface area contributed by atoms with Gasteiger partial charge in [0, 0.05) is 19.5 Å². The van der Waals surface area contributed by atoms with Gasteiger partial charge in [-0.2, -0.15) is 4.31 Å². The predicted molar refractivity (Wildman–Crippen MR) is 131 cm³/mol. The number of nitrogens with one attached hydrogen (secondary N) is 1. The third-order valence-electron chi connectivity index (χ3n) is 6.23. The van der Waals surface area contributed by atoms with Gasteiger partial charge in [0.25, 0.3) is 0 Å². The molecule has 1 atom stereocenters. The summed E-state index contributed by atoms with van der Waals surface area (Å²) in [5, 5.41) is 3.05. The van der Waals surface area contributed by atoms with Crippen molar-refractivity contribution >= 4 is 15.9 Å². The summed E-state index contributed by atoms with van der Waals surface area (Å²) in [5.74, 6) is 0.506. The Balaban J connectivity index is 1.65. The van der Waals surface area contributed by atoms with Gasteiger partial charge in [-0.3, -0.25) is 4.79 Å². The molecule has 3 rings (SSSR count). The van der Waals surface area contributed by atoms with Crippen LogP contribution in [0, 0.1) is 0 Å². The molecule has 1 N–H and O–H groups in total. The summed E-state index contributed by atoms with van der Waals surface area (Å²) in [7, 11) is -1.96. The number of sulfonamides is 1. The zero-order chi connectivity index (χ0) is 24.2. The molecule has 0 spiro atoms. The molecule has 0 bridgehead atoms. The van der Waals surface area contributed by atoms with Crippen LogP contribution in [0.2, 0.25) is 0 Å². The fourth-order valence-electron chi connectivity index (χ4n) is 4.11. The van der Waals surface area contributed by atoms with E-state index in [0.29, 0.717) is 25.3 Å². The largest absolute Gasteiger partial charge is 0.496 e.